The van der Waals surface area contributed by atoms with Crippen LogP contribution in [0.25, 0.3) is 0 Å². The Morgan fingerprint density at radius 1 is 1.46 bits per heavy atom. The predicted octanol–water partition coefficient (Wildman–Crippen LogP) is 2.42. The van der Waals surface area contributed by atoms with Gasteiger partial charge in [0.2, 0.25) is 0 Å². The first-order valence-corrected chi connectivity index (χ1v) is 5.46. The monoisotopic (exact) mass is 179 g/mol. The van der Waals surface area contributed by atoms with E-state index in [1.165, 1.54) is 19.3 Å². The third kappa shape index (κ3) is 2.74. The summed E-state index contributed by atoms with van der Waals surface area (Å²) in [5.74, 6) is 4.42. The van der Waals surface area contributed by atoms with E-state index in [-0.39, 0.29) is 0 Å². The summed E-state index contributed by atoms with van der Waals surface area (Å²) in [5.41, 5.74) is 0. The molecule has 0 amide bonds. The van der Waals surface area contributed by atoms with Gasteiger partial charge in [0.1, 0.15) is 0 Å². The number of terminal acetylenes is 1. The van der Waals surface area contributed by atoms with Crippen LogP contribution in [0.2, 0.25) is 0 Å². The van der Waals surface area contributed by atoms with Crippen molar-refractivity contribution in [2.45, 2.75) is 45.6 Å². The number of nitrogens with one attached hydrogen (secondary N) is 1. The predicted molar refractivity (Wildman–Crippen MR) is 57.4 cm³/mol. The molecular weight excluding hydrogens is 158 g/mol. The molecule has 74 valence electrons. The van der Waals surface area contributed by atoms with E-state index in [9.17, 15) is 0 Å². The molecule has 0 aromatic carbocycles. The quantitative estimate of drug-likeness (QED) is 0.654. The van der Waals surface area contributed by atoms with Gasteiger partial charge >= 0.3 is 0 Å². The second-order valence-corrected chi connectivity index (χ2v) is 4.10. The first-order chi connectivity index (χ1) is 6.29. The largest absolute Gasteiger partial charge is 0.314 e. The Hall–Kier alpha value is -0.480. The highest BCUT2D eigenvalue weighted by atomic mass is 14.9. The molecule has 0 spiro atoms. The van der Waals surface area contributed by atoms with Gasteiger partial charge in [-0.25, -0.2) is 0 Å². The van der Waals surface area contributed by atoms with Crippen molar-refractivity contribution in [2.24, 2.45) is 11.8 Å². The summed E-state index contributed by atoms with van der Waals surface area (Å²) in [6.45, 7) is 5.64. The first kappa shape index (κ1) is 10.6. The maximum atomic E-state index is 5.28. The molecule has 1 N–H and O–H groups in total. The van der Waals surface area contributed by atoms with Crippen molar-refractivity contribution in [1.29, 1.82) is 0 Å². The van der Waals surface area contributed by atoms with Crippen molar-refractivity contribution in [1.82, 2.24) is 5.32 Å². The van der Waals surface area contributed by atoms with Crippen LogP contribution in [0, 0.1) is 24.2 Å². The molecule has 1 nitrogen and oxygen atoms in total. The van der Waals surface area contributed by atoms with Crippen molar-refractivity contribution in [3.05, 3.63) is 0 Å². The molecule has 1 heteroatoms. The van der Waals surface area contributed by atoms with Gasteiger partial charge in [-0.2, -0.15) is 0 Å². The van der Waals surface area contributed by atoms with Gasteiger partial charge in [-0.05, 0) is 37.6 Å². The summed E-state index contributed by atoms with van der Waals surface area (Å²) in [6.07, 6.45) is 10.2. The topological polar surface area (TPSA) is 12.0 Å². The molecule has 0 saturated heterocycles. The second-order valence-electron chi connectivity index (χ2n) is 4.10. The van der Waals surface area contributed by atoms with E-state index < -0.39 is 0 Å². The molecule has 13 heavy (non-hydrogen) atoms. The summed E-state index contributed by atoms with van der Waals surface area (Å²) in [7, 11) is 0. The third-order valence-electron chi connectivity index (χ3n) is 3.35. The summed E-state index contributed by atoms with van der Waals surface area (Å²) in [4.78, 5) is 0. The molecule has 0 heterocycles. The zero-order valence-electron chi connectivity index (χ0n) is 8.84. The number of rotatable bonds is 4. The molecule has 1 rings (SSSR count). The zero-order chi connectivity index (χ0) is 9.68. The minimum absolute atomic E-state index is 0.743. The van der Waals surface area contributed by atoms with Crippen molar-refractivity contribution < 1.29 is 0 Å². The third-order valence-corrected chi connectivity index (χ3v) is 3.35. The van der Waals surface area contributed by atoms with Gasteiger partial charge in [-0.15, -0.1) is 12.3 Å². The standard InChI is InChI=1S/C12H21N/c1-4-6-7-11-8-9-12(10(11)3)13-5-2/h1,10-13H,5-9H2,2-3H3. The molecule has 3 unspecified atom stereocenters. The lowest BCUT2D eigenvalue weighted by atomic mass is 9.91. The highest BCUT2D eigenvalue weighted by Gasteiger charge is 2.31. The van der Waals surface area contributed by atoms with Crippen LogP contribution in [0.15, 0.2) is 0 Å². The summed E-state index contributed by atoms with van der Waals surface area (Å²) in [6, 6.07) is 0.743. The Balaban J connectivity index is 2.32. The fourth-order valence-electron chi connectivity index (χ4n) is 2.47. The summed E-state index contributed by atoms with van der Waals surface area (Å²) < 4.78 is 0. The van der Waals surface area contributed by atoms with Gasteiger partial charge < -0.3 is 5.32 Å². The van der Waals surface area contributed by atoms with Crippen molar-refractivity contribution >= 4 is 0 Å². The zero-order valence-corrected chi connectivity index (χ0v) is 8.84. The van der Waals surface area contributed by atoms with Crippen molar-refractivity contribution in [3.8, 4) is 12.3 Å². The Labute approximate surface area is 82.3 Å². The van der Waals surface area contributed by atoms with Gasteiger partial charge in [0.25, 0.3) is 0 Å². The van der Waals surface area contributed by atoms with Crippen LogP contribution in [0.5, 0.6) is 0 Å². The van der Waals surface area contributed by atoms with E-state index in [1.807, 2.05) is 0 Å². The fourth-order valence-corrected chi connectivity index (χ4v) is 2.47. The highest BCUT2D eigenvalue weighted by molar-refractivity contribution is 4.90. The summed E-state index contributed by atoms with van der Waals surface area (Å²) >= 11 is 0. The van der Waals surface area contributed by atoms with Gasteiger partial charge in [0.15, 0.2) is 0 Å². The van der Waals surface area contributed by atoms with Crippen LogP contribution in [-0.2, 0) is 0 Å². The maximum Gasteiger partial charge on any atom is 0.00953 e. The highest BCUT2D eigenvalue weighted by Crippen LogP contribution is 2.34. The minimum atomic E-state index is 0.743. The van der Waals surface area contributed by atoms with E-state index >= 15 is 0 Å². The lowest BCUT2D eigenvalue weighted by Gasteiger charge is -2.20. The summed E-state index contributed by atoms with van der Waals surface area (Å²) in [5, 5.41) is 3.55. The van der Waals surface area contributed by atoms with Crippen molar-refractivity contribution in [2.75, 3.05) is 6.54 Å². The minimum Gasteiger partial charge on any atom is -0.314 e. The van der Waals surface area contributed by atoms with Crippen LogP contribution in [0.1, 0.15) is 39.5 Å². The molecule has 0 aromatic heterocycles. The van der Waals surface area contributed by atoms with Gasteiger partial charge in [-0.1, -0.05) is 13.8 Å². The molecule has 1 fully saturated rings. The molecule has 1 saturated carbocycles. The second kappa shape index (κ2) is 5.29. The van der Waals surface area contributed by atoms with Gasteiger partial charge in [-0.3, -0.25) is 0 Å². The van der Waals surface area contributed by atoms with Crippen LogP contribution in [0.4, 0.5) is 0 Å². The normalized spacial score (nSPS) is 33.2. The molecule has 1 aliphatic carbocycles. The number of hydrogen-bond donors (Lipinski definition) is 1. The average Bonchev–Trinajstić information content (AvgIpc) is 2.46. The van der Waals surface area contributed by atoms with E-state index in [2.05, 4.69) is 25.1 Å². The van der Waals surface area contributed by atoms with Crippen LogP contribution >= 0.6 is 0 Å². The molecule has 1 aliphatic rings. The Bertz CT molecular complexity index is 180. The van der Waals surface area contributed by atoms with E-state index in [4.69, 9.17) is 6.42 Å². The van der Waals surface area contributed by atoms with Crippen LogP contribution in [0.3, 0.4) is 0 Å². The molecule has 0 aliphatic heterocycles. The Morgan fingerprint density at radius 3 is 2.85 bits per heavy atom. The smallest absolute Gasteiger partial charge is 0.00953 e. The molecular formula is C12H21N. The van der Waals surface area contributed by atoms with Crippen LogP contribution < -0.4 is 5.32 Å². The lowest BCUT2D eigenvalue weighted by molar-refractivity contribution is 0.343. The molecule has 0 radical (unpaired) electrons. The Kier molecular flexibility index (Phi) is 4.32. The maximum absolute atomic E-state index is 5.28. The van der Waals surface area contributed by atoms with E-state index in [0.29, 0.717) is 0 Å². The molecule has 0 bridgehead atoms. The van der Waals surface area contributed by atoms with E-state index in [0.717, 1.165) is 30.8 Å². The lowest BCUT2D eigenvalue weighted by Crippen LogP contribution is -2.32. The fraction of sp³-hybridized carbons (Fsp3) is 0.833. The first-order valence-electron chi connectivity index (χ1n) is 5.46. The van der Waals surface area contributed by atoms with E-state index in [1.54, 1.807) is 0 Å². The number of hydrogen-bond acceptors (Lipinski definition) is 1. The van der Waals surface area contributed by atoms with Crippen molar-refractivity contribution in [3.63, 3.8) is 0 Å². The Morgan fingerprint density at radius 2 is 2.23 bits per heavy atom. The SMILES string of the molecule is C#CCCC1CCC(NCC)C1C. The average molecular weight is 179 g/mol. The van der Waals surface area contributed by atoms with Gasteiger partial charge in [0.05, 0.1) is 0 Å². The van der Waals surface area contributed by atoms with Crippen LogP contribution in [-0.4, -0.2) is 12.6 Å². The molecule has 3 atom stereocenters. The van der Waals surface area contributed by atoms with Gasteiger partial charge in [0, 0.05) is 12.5 Å². The molecule has 0 aromatic rings.